The van der Waals surface area contributed by atoms with Crippen LogP contribution in [0.2, 0.25) is 0 Å². The van der Waals surface area contributed by atoms with Gasteiger partial charge in [-0.05, 0) is 56.3 Å². The van der Waals surface area contributed by atoms with Gasteiger partial charge in [-0.25, -0.2) is 4.52 Å². The summed E-state index contributed by atoms with van der Waals surface area (Å²) in [6.45, 7) is 2.96. The lowest BCUT2D eigenvalue weighted by Gasteiger charge is -2.25. The molecule has 1 saturated heterocycles. The van der Waals surface area contributed by atoms with E-state index in [1.807, 2.05) is 48.8 Å². The highest BCUT2D eigenvalue weighted by atomic mass is 15.5. The molecule has 1 aromatic carbocycles. The number of likely N-dealkylation sites (N-methyl/N-ethyl adjacent to an activating group) is 1. The Bertz CT molecular complexity index is 1110. The number of aromatic nitrogens is 3. The third-order valence-corrected chi connectivity index (χ3v) is 5.91. The van der Waals surface area contributed by atoms with Crippen molar-refractivity contribution in [2.45, 2.75) is 24.9 Å². The first kappa shape index (κ1) is 18.6. The molecule has 1 unspecified atom stereocenters. The molecule has 0 amide bonds. The first-order valence-corrected chi connectivity index (χ1v) is 10.3. The average Bonchev–Trinajstić information content (AvgIpc) is 3.49. The van der Waals surface area contributed by atoms with E-state index in [0.29, 0.717) is 17.6 Å². The number of hydrogen-bond acceptors (Lipinski definition) is 7. The Labute approximate surface area is 175 Å². The number of fused-ring (bicyclic) bond motifs is 1. The van der Waals surface area contributed by atoms with Crippen LogP contribution in [-0.4, -0.2) is 69.5 Å². The summed E-state index contributed by atoms with van der Waals surface area (Å²) in [5, 5.41) is 23.7. The Balaban J connectivity index is 1.30. The largest absolute Gasteiger partial charge is 0.343 e. The number of pyridine rings is 1. The average molecular weight is 400 g/mol. The van der Waals surface area contributed by atoms with Gasteiger partial charge in [-0.2, -0.15) is 15.3 Å². The minimum Gasteiger partial charge on any atom is -0.343 e. The van der Waals surface area contributed by atoms with E-state index < -0.39 is 0 Å². The van der Waals surface area contributed by atoms with Crippen molar-refractivity contribution in [3.8, 4) is 17.2 Å². The van der Waals surface area contributed by atoms with E-state index in [-0.39, 0.29) is 6.04 Å². The van der Waals surface area contributed by atoms with Gasteiger partial charge in [-0.1, -0.05) is 12.1 Å². The summed E-state index contributed by atoms with van der Waals surface area (Å²) in [5.41, 5.74) is 3.41. The van der Waals surface area contributed by atoms with E-state index in [2.05, 4.69) is 38.5 Å². The summed E-state index contributed by atoms with van der Waals surface area (Å²) in [5.74, 6) is 0.590. The van der Waals surface area contributed by atoms with Crippen LogP contribution in [0.15, 0.2) is 47.7 Å². The summed E-state index contributed by atoms with van der Waals surface area (Å²) >= 11 is 0. The first-order chi connectivity index (χ1) is 14.7. The molecule has 3 aromatic rings. The maximum atomic E-state index is 9.02. The Kier molecular flexibility index (Phi) is 4.81. The highest BCUT2D eigenvalue weighted by molar-refractivity contribution is 5.78. The summed E-state index contributed by atoms with van der Waals surface area (Å²) < 4.78 is 1.78. The maximum Gasteiger partial charge on any atom is 0.243 e. The predicted molar refractivity (Wildman–Crippen MR) is 116 cm³/mol. The Morgan fingerprint density at radius 1 is 1.23 bits per heavy atom. The number of likely N-dealkylation sites (tertiary alicyclic amines) is 1. The lowest BCUT2D eigenvalue weighted by molar-refractivity contribution is 0.209. The second-order valence-electron chi connectivity index (χ2n) is 7.98. The molecule has 0 aliphatic carbocycles. The number of nitrogens with one attached hydrogen (secondary N) is 1. The minimum absolute atomic E-state index is 0.0903. The van der Waals surface area contributed by atoms with E-state index in [4.69, 9.17) is 10.2 Å². The predicted octanol–water partition coefficient (Wildman–Crippen LogP) is 2.44. The van der Waals surface area contributed by atoms with Crippen LogP contribution in [0.4, 0.5) is 5.95 Å². The van der Waals surface area contributed by atoms with Crippen LogP contribution < -0.4 is 5.32 Å². The third-order valence-electron chi connectivity index (χ3n) is 5.91. The number of benzene rings is 1. The molecule has 1 fully saturated rings. The molecule has 8 nitrogen and oxygen atoms in total. The standard InChI is InChI=1S/C22H24N8/c1-28-10-2-4-19(28)15-29-14-18(13-24-29)25-22-26-21-20(5-3-11-30(21)27-22)17-8-6-16(12-23)7-9-17/h3,5-9,11,13,18-19H,2,4,10,14-15H2,1H3,(H,25,27)/t18?,19-/m1/s1. The van der Waals surface area contributed by atoms with Crippen LogP contribution in [0.3, 0.4) is 0 Å². The van der Waals surface area contributed by atoms with Crippen molar-refractivity contribution >= 4 is 17.8 Å². The SMILES string of the molecule is CN1CCC[C@@H]1CN1CC(Nc2nc3c(-c4ccc(C#N)cc4)cccn3n2)C=N1. The highest BCUT2D eigenvalue weighted by Gasteiger charge is 2.26. The molecule has 0 saturated carbocycles. The summed E-state index contributed by atoms with van der Waals surface area (Å²) in [7, 11) is 2.19. The monoisotopic (exact) mass is 400 g/mol. The molecule has 4 heterocycles. The van der Waals surface area contributed by atoms with Gasteiger partial charge in [0.05, 0.1) is 30.8 Å². The quantitative estimate of drug-likeness (QED) is 0.708. The van der Waals surface area contributed by atoms with Crippen molar-refractivity contribution in [3.63, 3.8) is 0 Å². The van der Waals surface area contributed by atoms with Crippen LogP contribution in [0.25, 0.3) is 16.8 Å². The zero-order chi connectivity index (χ0) is 20.5. The van der Waals surface area contributed by atoms with Gasteiger partial charge in [-0.3, -0.25) is 5.01 Å². The second-order valence-corrected chi connectivity index (χ2v) is 7.98. The molecule has 152 valence electrons. The van der Waals surface area contributed by atoms with E-state index in [1.54, 1.807) is 4.52 Å². The minimum atomic E-state index is 0.0903. The number of hydrazone groups is 1. The lowest BCUT2D eigenvalue weighted by atomic mass is 10.1. The number of anilines is 1. The Morgan fingerprint density at radius 2 is 2.10 bits per heavy atom. The van der Waals surface area contributed by atoms with Crippen molar-refractivity contribution in [3.05, 3.63) is 48.2 Å². The summed E-state index contributed by atoms with van der Waals surface area (Å²) in [6, 6.07) is 14.3. The fourth-order valence-electron chi connectivity index (χ4n) is 4.24. The zero-order valence-electron chi connectivity index (χ0n) is 16.9. The van der Waals surface area contributed by atoms with Crippen molar-refractivity contribution in [2.75, 3.05) is 32.0 Å². The normalized spacial score (nSPS) is 21.4. The topological polar surface area (TPSA) is 84.8 Å². The van der Waals surface area contributed by atoms with Gasteiger partial charge in [0.15, 0.2) is 5.65 Å². The fraction of sp³-hybridized carbons (Fsp3) is 0.364. The molecule has 0 radical (unpaired) electrons. The van der Waals surface area contributed by atoms with Gasteiger partial charge >= 0.3 is 0 Å². The molecular weight excluding hydrogens is 376 g/mol. The van der Waals surface area contributed by atoms with Crippen LogP contribution in [-0.2, 0) is 0 Å². The molecule has 5 rings (SSSR count). The lowest BCUT2D eigenvalue weighted by Crippen LogP contribution is -2.37. The van der Waals surface area contributed by atoms with E-state index in [1.165, 1.54) is 19.4 Å². The summed E-state index contributed by atoms with van der Waals surface area (Å²) in [6.07, 6.45) is 6.35. The van der Waals surface area contributed by atoms with Gasteiger partial charge in [-0.15, -0.1) is 5.10 Å². The van der Waals surface area contributed by atoms with E-state index >= 15 is 0 Å². The van der Waals surface area contributed by atoms with Crippen molar-refractivity contribution in [2.24, 2.45) is 5.10 Å². The molecule has 2 aliphatic heterocycles. The number of hydrogen-bond donors (Lipinski definition) is 1. The van der Waals surface area contributed by atoms with Crippen LogP contribution >= 0.6 is 0 Å². The molecule has 0 spiro atoms. The highest BCUT2D eigenvalue weighted by Crippen LogP contribution is 2.25. The number of nitriles is 1. The van der Waals surface area contributed by atoms with Crippen LogP contribution in [0.1, 0.15) is 18.4 Å². The molecular formula is C22H24N8. The molecule has 2 aromatic heterocycles. The molecule has 1 N–H and O–H groups in total. The van der Waals surface area contributed by atoms with Gasteiger partial charge in [0.1, 0.15) is 0 Å². The zero-order valence-corrected chi connectivity index (χ0v) is 16.9. The Hall–Kier alpha value is -3.44. The third kappa shape index (κ3) is 3.60. The van der Waals surface area contributed by atoms with Gasteiger partial charge in [0.25, 0.3) is 0 Å². The van der Waals surface area contributed by atoms with Crippen LogP contribution in [0.5, 0.6) is 0 Å². The summed E-state index contributed by atoms with van der Waals surface area (Å²) in [4.78, 5) is 7.14. The molecule has 2 aliphatic rings. The Morgan fingerprint density at radius 3 is 2.87 bits per heavy atom. The van der Waals surface area contributed by atoms with E-state index in [0.717, 1.165) is 29.9 Å². The van der Waals surface area contributed by atoms with Gasteiger partial charge in [0.2, 0.25) is 5.95 Å². The second kappa shape index (κ2) is 7.76. The van der Waals surface area contributed by atoms with Crippen molar-refractivity contribution in [1.82, 2.24) is 24.5 Å². The van der Waals surface area contributed by atoms with Crippen LogP contribution in [0, 0.1) is 11.3 Å². The van der Waals surface area contributed by atoms with E-state index in [9.17, 15) is 0 Å². The fourth-order valence-corrected chi connectivity index (χ4v) is 4.24. The smallest absolute Gasteiger partial charge is 0.243 e. The molecule has 0 bridgehead atoms. The maximum absolute atomic E-state index is 9.02. The first-order valence-electron chi connectivity index (χ1n) is 10.3. The molecule has 2 atom stereocenters. The molecule has 30 heavy (non-hydrogen) atoms. The number of rotatable bonds is 5. The molecule has 8 heteroatoms. The van der Waals surface area contributed by atoms with Crippen molar-refractivity contribution in [1.29, 1.82) is 5.26 Å². The van der Waals surface area contributed by atoms with Gasteiger partial charge in [0, 0.05) is 24.0 Å². The van der Waals surface area contributed by atoms with Gasteiger partial charge < -0.3 is 10.2 Å². The van der Waals surface area contributed by atoms with Crippen molar-refractivity contribution < 1.29 is 0 Å². The number of nitrogens with zero attached hydrogens (tertiary/aromatic N) is 7.